The Balaban J connectivity index is 0.000000158. The van der Waals surface area contributed by atoms with Gasteiger partial charge in [0.25, 0.3) is 40.1 Å². The van der Waals surface area contributed by atoms with Crippen LogP contribution in [0.25, 0.3) is 54.5 Å². The molecule has 41 heteroatoms. The first-order valence-electron chi connectivity index (χ1n) is 36.9. The van der Waals surface area contributed by atoms with Gasteiger partial charge in [0.2, 0.25) is 0 Å². The van der Waals surface area contributed by atoms with Crippen molar-refractivity contribution in [2.24, 2.45) is 0 Å². The van der Waals surface area contributed by atoms with Crippen LogP contribution in [0.1, 0.15) is 84.5 Å². The third-order valence-electron chi connectivity index (χ3n) is 18.0. The number of halogens is 9. The average Bonchev–Trinajstić information content (AvgIpc) is 1.65. The molecule has 10 heterocycles. The van der Waals surface area contributed by atoms with Crippen LogP contribution in [0.2, 0.25) is 5.02 Å². The highest BCUT2D eigenvalue weighted by molar-refractivity contribution is 9.11. The number of aryl methyl sites for hydroxylation is 1. The van der Waals surface area contributed by atoms with Crippen LogP contribution in [0.5, 0.6) is 0 Å². The van der Waals surface area contributed by atoms with Crippen molar-refractivity contribution >= 4 is 206 Å². The van der Waals surface area contributed by atoms with Crippen molar-refractivity contribution in [2.75, 3.05) is 26.5 Å². The van der Waals surface area contributed by atoms with Crippen LogP contribution in [0.4, 0.5) is 38.7 Å². The summed E-state index contributed by atoms with van der Waals surface area (Å²) in [4.78, 5) is 72.3. The normalized spacial score (nSPS) is 11.8. The number of anilines is 2. The van der Waals surface area contributed by atoms with Crippen molar-refractivity contribution in [3.8, 4) is 0 Å². The topological polar surface area (TPSA) is 354 Å². The molecule has 0 spiro atoms. The number of amides is 2. The van der Waals surface area contributed by atoms with E-state index in [0.717, 1.165) is 84.5 Å². The maximum Gasteiger partial charge on any atom is 0.410 e. The number of ether oxygens (including phenoxy) is 2. The third kappa shape index (κ3) is 22.4. The van der Waals surface area contributed by atoms with Crippen molar-refractivity contribution in [1.82, 2.24) is 60.9 Å². The first-order chi connectivity index (χ1) is 58.8. The van der Waals surface area contributed by atoms with E-state index in [2.05, 4.69) is 104 Å². The number of benzene rings is 5. The summed E-state index contributed by atoms with van der Waals surface area (Å²) in [5, 5.41) is 9.63. The number of nitrogens with one attached hydrogen (secondary N) is 3. The minimum Gasteiger partial charge on any atom is -0.444 e. The molecule has 5 aromatic carbocycles. The predicted octanol–water partition coefficient (Wildman–Crippen LogP) is 19.0. The van der Waals surface area contributed by atoms with Gasteiger partial charge in [-0.05, 0) is 251 Å². The highest BCUT2D eigenvalue weighted by Gasteiger charge is 2.30. The molecule has 0 radical (unpaired) electrons. The van der Waals surface area contributed by atoms with Crippen LogP contribution in [0.15, 0.2) is 246 Å². The van der Waals surface area contributed by atoms with Crippen LogP contribution in [-0.4, -0.2) is 146 Å². The number of aromatic amines is 1. The molecular formula is C84H75Br4ClF4N14O14S4. The fourth-order valence-corrected chi connectivity index (χ4v) is 19.5. The fraction of sp³-hybridized carbons (Fsp3) is 0.179. The Bertz CT molecular complexity index is 7170. The largest absolute Gasteiger partial charge is 0.444 e. The number of rotatable bonds is 18. The zero-order valence-electron chi connectivity index (χ0n) is 67.6. The summed E-state index contributed by atoms with van der Waals surface area (Å²) in [7, 11) is -11.3. The molecule has 0 unspecified atom stereocenters. The molecule has 125 heavy (non-hydrogen) atoms. The van der Waals surface area contributed by atoms with Crippen LogP contribution in [-0.2, 0) is 69.2 Å². The Morgan fingerprint density at radius 3 is 1.21 bits per heavy atom. The molecule has 2 amide bonds. The molecule has 10 aromatic heterocycles. The lowest BCUT2D eigenvalue weighted by atomic mass is 10.2. The van der Waals surface area contributed by atoms with Crippen LogP contribution >= 0.6 is 75.3 Å². The lowest BCUT2D eigenvalue weighted by Crippen LogP contribution is -2.33. The molecule has 28 nitrogen and oxygen atoms in total. The molecule has 0 saturated heterocycles. The van der Waals surface area contributed by atoms with Gasteiger partial charge in [-0.1, -0.05) is 41.9 Å². The fourth-order valence-electron chi connectivity index (χ4n) is 12.3. The van der Waals surface area contributed by atoms with Gasteiger partial charge < -0.3 is 34.9 Å². The molecule has 15 rings (SSSR count). The first kappa shape index (κ1) is 94.6. The molecule has 0 aliphatic rings. The number of aldehydes is 2. The van der Waals surface area contributed by atoms with Crippen molar-refractivity contribution < 1.29 is 79.9 Å². The van der Waals surface area contributed by atoms with E-state index in [9.17, 15) is 70.4 Å². The maximum atomic E-state index is 13.9. The Morgan fingerprint density at radius 1 is 0.472 bits per heavy atom. The maximum absolute atomic E-state index is 13.9. The number of hydrogen-bond donors (Lipinski definition) is 3. The molecule has 0 bridgehead atoms. The zero-order chi connectivity index (χ0) is 91.2. The van der Waals surface area contributed by atoms with Crippen molar-refractivity contribution in [3.63, 3.8) is 0 Å². The Morgan fingerprint density at radius 2 is 0.824 bits per heavy atom. The monoisotopic (exact) mass is 2060 g/mol. The molecular weight excluding hydrogens is 1990 g/mol. The summed E-state index contributed by atoms with van der Waals surface area (Å²) in [6, 6.07) is 32.8. The van der Waals surface area contributed by atoms with Gasteiger partial charge in [0.05, 0.1) is 71.0 Å². The second kappa shape index (κ2) is 38.8. The molecule has 652 valence electrons. The molecule has 3 N–H and O–H groups in total. The SMILES string of the molecule is CN(Cc1cn(S(=O)(=O)c2cccc(F)c2)c2cc(Br)ncc12)C(=O)OC(C)(C)C.CNCc1cn(S(=O)(=O)c2cccc(F)c2)c2cc(Br)ncc12.Cc1ccc(Nc2cc3c(cn2)c(CN(C)C(=O)OC(C)(C)C)cn3S(=O)(=O)c2cccc(F)c2)c(Cl)c1.O=Cc1c[nH]c2cc(Br)ncc12.O=Cc1cn(S(=O)(=O)c2cccc(F)c2)c2cc(Br)ncc12. The van der Waals surface area contributed by atoms with Crippen LogP contribution in [0.3, 0.4) is 0 Å². The van der Waals surface area contributed by atoms with E-state index in [4.69, 9.17) is 21.1 Å². The van der Waals surface area contributed by atoms with E-state index >= 15 is 0 Å². The number of fused-ring (bicyclic) bond motifs is 5. The summed E-state index contributed by atoms with van der Waals surface area (Å²) < 4.78 is 176. The number of pyridine rings is 5. The van der Waals surface area contributed by atoms with E-state index in [1.54, 1.807) is 112 Å². The summed E-state index contributed by atoms with van der Waals surface area (Å²) >= 11 is 19.3. The van der Waals surface area contributed by atoms with E-state index in [1.165, 1.54) is 126 Å². The van der Waals surface area contributed by atoms with Crippen molar-refractivity contribution in [1.29, 1.82) is 0 Å². The number of H-pyrrole nitrogens is 1. The molecule has 0 saturated carbocycles. The van der Waals surface area contributed by atoms with Gasteiger partial charge in [-0.2, -0.15) is 0 Å². The Kier molecular flexibility index (Phi) is 29.4. The highest BCUT2D eigenvalue weighted by Crippen LogP contribution is 2.36. The second-order valence-electron chi connectivity index (χ2n) is 29.6. The lowest BCUT2D eigenvalue weighted by molar-refractivity contribution is 0.0276. The Hall–Kier alpha value is -11.1. The summed E-state index contributed by atoms with van der Waals surface area (Å²) in [5.41, 5.74) is 5.26. The quantitative estimate of drug-likeness (QED) is 0.0408. The van der Waals surface area contributed by atoms with Gasteiger partial charge >= 0.3 is 12.2 Å². The molecule has 0 aliphatic carbocycles. The van der Waals surface area contributed by atoms with Gasteiger partial charge in [-0.25, -0.2) is 102 Å². The minimum atomic E-state index is -4.20. The Labute approximate surface area is 753 Å². The molecule has 0 aliphatic heterocycles. The van der Waals surface area contributed by atoms with Gasteiger partial charge in [0, 0.05) is 127 Å². The van der Waals surface area contributed by atoms with Gasteiger partial charge in [-0.3, -0.25) is 9.59 Å². The third-order valence-corrected chi connectivity index (χ3v) is 26.7. The van der Waals surface area contributed by atoms with Gasteiger partial charge in [0.15, 0.2) is 12.6 Å². The van der Waals surface area contributed by atoms with E-state index < -0.39 is 86.8 Å². The summed E-state index contributed by atoms with van der Waals surface area (Å²) in [6.07, 6.45) is 15.2. The van der Waals surface area contributed by atoms with E-state index in [-0.39, 0.29) is 43.8 Å². The van der Waals surface area contributed by atoms with E-state index in [1.807, 2.05) is 19.1 Å². The van der Waals surface area contributed by atoms with Crippen molar-refractivity contribution in [2.45, 2.75) is 98.9 Å². The van der Waals surface area contributed by atoms with E-state index in [0.29, 0.717) is 92.6 Å². The van der Waals surface area contributed by atoms with Crippen molar-refractivity contribution in [3.05, 3.63) is 288 Å². The standard InChI is InChI=1S/C27H28ClFN4O4S.C20H21BrFN3O4S.C15H13BrFN3O2S.C14H8BrFN2O3S.C8H5BrN2O/c1-17-9-10-23(22(28)11-17)31-25-13-24-21(14-30-25)18(15-32(5)26(34)37-27(2,3)4)16-33(24)38(35,36)20-8-6-7-19(29)12-20;1-20(2,3)29-19(26)24(4)11-13-12-25(17-9-18(21)23-10-16(13)17)30(27,28)15-7-5-6-14(22)8-15;1-18-7-10-9-20(14-6-15(16)19-8-13(10)14)23(21,22)12-4-2-3-11(17)5-12;15-14-5-13-12(6-17-14)9(8-19)7-18(13)22(20,21)11-3-1-2-10(16)4-11;9-8-1-7-6(3-11-8)5(4-12)2-10-7/h6-14,16H,15H2,1-5H3,(H,30,31);5-10,12H,11H2,1-4H3;2-6,8-9,18H,7H2,1H3;1-8H;1-4,10H. The summed E-state index contributed by atoms with van der Waals surface area (Å²) in [5.74, 6) is -2.23. The lowest BCUT2D eigenvalue weighted by Gasteiger charge is -2.24. The molecule has 0 atom stereocenters. The van der Waals surface area contributed by atoms with Crippen LogP contribution < -0.4 is 10.6 Å². The summed E-state index contributed by atoms with van der Waals surface area (Å²) in [6.45, 7) is 13.1. The molecule has 0 fully saturated rings. The number of aromatic nitrogens is 10. The zero-order valence-corrected chi connectivity index (χ0v) is 77.9. The first-order valence-corrected chi connectivity index (χ1v) is 46.2. The van der Waals surface area contributed by atoms with Gasteiger partial charge in [0.1, 0.15) is 58.7 Å². The predicted molar refractivity (Wildman–Crippen MR) is 480 cm³/mol. The smallest absolute Gasteiger partial charge is 0.410 e. The highest BCUT2D eigenvalue weighted by atomic mass is 79.9. The second-order valence-corrected chi connectivity index (χ2v) is 40.5. The number of nitrogens with zero attached hydrogens (tertiary/aromatic N) is 11. The number of carbonyl (C=O) groups excluding carboxylic acids is 4. The van der Waals surface area contributed by atoms with Crippen LogP contribution in [0, 0.1) is 30.2 Å². The minimum absolute atomic E-state index is 0.0509. The molecule has 15 aromatic rings. The number of carbonyl (C=O) groups is 4. The van der Waals surface area contributed by atoms with Gasteiger partial charge in [-0.15, -0.1) is 0 Å². The average molecular weight is 2060 g/mol. The number of hydrogen-bond acceptors (Lipinski definition) is 21.